The standard InChI is InChI=1S/C16H17ClN2O4S/c1-3-23-16-9-8-12(10-15(16)18-11(2)20)24(21,22)19-14-7-5-4-6-13(14)17/h4-10,19H,3H2,1-2H3,(H,18,20). The van der Waals surface area contributed by atoms with Crippen molar-refractivity contribution in [3.05, 3.63) is 47.5 Å². The summed E-state index contributed by atoms with van der Waals surface area (Å²) in [7, 11) is -3.87. The Hall–Kier alpha value is -2.25. The average molecular weight is 369 g/mol. The summed E-state index contributed by atoms with van der Waals surface area (Å²) in [6.45, 7) is 3.51. The van der Waals surface area contributed by atoms with Gasteiger partial charge >= 0.3 is 0 Å². The number of rotatable bonds is 6. The molecular formula is C16H17ClN2O4S. The van der Waals surface area contributed by atoms with Gasteiger partial charge in [0.05, 0.1) is 27.9 Å². The minimum Gasteiger partial charge on any atom is -0.492 e. The minimum absolute atomic E-state index is 0.0189. The van der Waals surface area contributed by atoms with Crippen LogP contribution in [-0.4, -0.2) is 20.9 Å². The monoisotopic (exact) mass is 368 g/mol. The third kappa shape index (κ3) is 4.39. The van der Waals surface area contributed by atoms with E-state index in [1.165, 1.54) is 25.1 Å². The second kappa shape index (κ2) is 7.55. The number of benzene rings is 2. The number of hydrogen-bond acceptors (Lipinski definition) is 4. The molecule has 2 aromatic rings. The van der Waals surface area contributed by atoms with Crippen molar-refractivity contribution in [3.8, 4) is 5.75 Å². The lowest BCUT2D eigenvalue weighted by atomic mass is 10.3. The van der Waals surface area contributed by atoms with E-state index < -0.39 is 10.0 Å². The molecule has 24 heavy (non-hydrogen) atoms. The highest BCUT2D eigenvalue weighted by molar-refractivity contribution is 7.92. The van der Waals surface area contributed by atoms with Crippen molar-refractivity contribution in [1.82, 2.24) is 0 Å². The Morgan fingerprint density at radius 2 is 1.88 bits per heavy atom. The first-order valence-electron chi connectivity index (χ1n) is 7.15. The zero-order chi connectivity index (χ0) is 17.7. The maximum Gasteiger partial charge on any atom is 0.262 e. The number of nitrogens with one attached hydrogen (secondary N) is 2. The Morgan fingerprint density at radius 1 is 1.17 bits per heavy atom. The predicted molar refractivity (Wildman–Crippen MR) is 94.2 cm³/mol. The summed E-state index contributed by atoms with van der Waals surface area (Å²) in [6.07, 6.45) is 0. The number of hydrogen-bond donors (Lipinski definition) is 2. The Morgan fingerprint density at radius 3 is 2.50 bits per heavy atom. The molecule has 0 aliphatic carbocycles. The molecule has 128 valence electrons. The van der Waals surface area contributed by atoms with Crippen LogP contribution < -0.4 is 14.8 Å². The Bertz CT molecular complexity index is 853. The van der Waals surface area contributed by atoms with E-state index in [4.69, 9.17) is 16.3 Å². The molecule has 0 unspecified atom stereocenters. The van der Waals surface area contributed by atoms with Gasteiger partial charge in [-0.15, -0.1) is 0 Å². The molecule has 0 fully saturated rings. The molecule has 0 aromatic heterocycles. The summed E-state index contributed by atoms with van der Waals surface area (Å²) < 4.78 is 32.9. The Balaban J connectivity index is 2.39. The number of anilines is 2. The van der Waals surface area contributed by atoms with E-state index in [-0.39, 0.29) is 27.2 Å². The van der Waals surface area contributed by atoms with E-state index in [9.17, 15) is 13.2 Å². The molecule has 0 spiro atoms. The smallest absolute Gasteiger partial charge is 0.262 e. The summed E-state index contributed by atoms with van der Waals surface area (Å²) in [5.41, 5.74) is 0.556. The Kier molecular flexibility index (Phi) is 5.69. The molecule has 6 nitrogen and oxygen atoms in total. The van der Waals surface area contributed by atoms with Crippen molar-refractivity contribution in [2.24, 2.45) is 0 Å². The van der Waals surface area contributed by atoms with Crippen LogP contribution in [0.4, 0.5) is 11.4 Å². The van der Waals surface area contributed by atoms with Gasteiger partial charge in [0.25, 0.3) is 10.0 Å². The number of halogens is 1. The Labute approximate surface area is 145 Å². The lowest BCUT2D eigenvalue weighted by molar-refractivity contribution is -0.114. The van der Waals surface area contributed by atoms with Crippen molar-refractivity contribution < 1.29 is 17.9 Å². The van der Waals surface area contributed by atoms with E-state index in [1.54, 1.807) is 31.2 Å². The average Bonchev–Trinajstić information content (AvgIpc) is 2.51. The molecule has 2 rings (SSSR count). The third-order valence-electron chi connectivity index (χ3n) is 2.99. The molecule has 0 bridgehead atoms. The molecule has 0 aliphatic rings. The highest BCUT2D eigenvalue weighted by Gasteiger charge is 2.18. The van der Waals surface area contributed by atoms with Gasteiger partial charge in [-0.25, -0.2) is 8.42 Å². The van der Waals surface area contributed by atoms with Crippen LogP contribution in [0.5, 0.6) is 5.75 Å². The maximum atomic E-state index is 12.5. The zero-order valence-electron chi connectivity index (χ0n) is 13.2. The van der Waals surface area contributed by atoms with Gasteiger partial charge in [0, 0.05) is 6.92 Å². The van der Waals surface area contributed by atoms with E-state index in [1.807, 2.05) is 0 Å². The van der Waals surface area contributed by atoms with Crippen molar-refractivity contribution in [3.63, 3.8) is 0 Å². The van der Waals surface area contributed by atoms with E-state index in [0.717, 1.165) is 0 Å². The summed E-state index contributed by atoms with van der Waals surface area (Å²) in [6, 6.07) is 10.7. The van der Waals surface area contributed by atoms with Gasteiger partial charge in [-0.05, 0) is 37.3 Å². The number of para-hydroxylation sites is 1. The number of carbonyl (C=O) groups excluding carboxylic acids is 1. The quantitative estimate of drug-likeness (QED) is 0.817. The molecule has 2 N–H and O–H groups in total. The van der Waals surface area contributed by atoms with Crippen LogP contribution in [0.3, 0.4) is 0 Å². The van der Waals surface area contributed by atoms with Crippen molar-refractivity contribution in [1.29, 1.82) is 0 Å². The third-order valence-corrected chi connectivity index (χ3v) is 4.68. The normalized spacial score (nSPS) is 11.0. The van der Waals surface area contributed by atoms with Crippen molar-refractivity contribution in [2.75, 3.05) is 16.6 Å². The van der Waals surface area contributed by atoms with Crippen LogP contribution in [0.2, 0.25) is 5.02 Å². The minimum atomic E-state index is -3.87. The van der Waals surface area contributed by atoms with Gasteiger partial charge in [-0.2, -0.15) is 0 Å². The van der Waals surface area contributed by atoms with Gasteiger partial charge in [0.2, 0.25) is 5.91 Å². The lowest BCUT2D eigenvalue weighted by Gasteiger charge is -2.14. The summed E-state index contributed by atoms with van der Waals surface area (Å²) in [5, 5.41) is 2.85. The first-order chi connectivity index (χ1) is 11.3. The van der Waals surface area contributed by atoms with Crippen molar-refractivity contribution >= 4 is 38.9 Å². The van der Waals surface area contributed by atoms with Crippen LogP contribution >= 0.6 is 11.6 Å². The molecule has 1 amide bonds. The number of amides is 1. The highest BCUT2D eigenvalue weighted by Crippen LogP contribution is 2.30. The second-order valence-electron chi connectivity index (χ2n) is 4.86. The van der Waals surface area contributed by atoms with Gasteiger partial charge in [0.1, 0.15) is 5.75 Å². The topological polar surface area (TPSA) is 84.5 Å². The molecule has 2 aromatic carbocycles. The predicted octanol–water partition coefficient (Wildman–Crippen LogP) is 3.50. The lowest BCUT2D eigenvalue weighted by Crippen LogP contribution is -2.15. The van der Waals surface area contributed by atoms with Gasteiger partial charge in [-0.3, -0.25) is 9.52 Å². The summed E-state index contributed by atoms with van der Waals surface area (Å²) in [5.74, 6) is 0.0638. The van der Waals surface area contributed by atoms with Crippen LogP contribution in [0.1, 0.15) is 13.8 Å². The van der Waals surface area contributed by atoms with Crippen LogP contribution in [0.25, 0.3) is 0 Å². The largest absolute Gasteiger partial charge is 0.492 e. The summed E-state index contributed by atoms with van der Waals surface area (Å²) >= 11 is 5.98. The highest BCUT2D eigenvalue weighted by atomic mass is 35.5. The molecule has 0 aliphatic heterocycles. The zero-order valence-corrected chi connectivity index (χ0v) is 14.7. The van der Waals surface area contributed by atoms with E-state index in [2.05, 4.69) is 10.0 Å². The molecule has 0 saturated carbocycles. The van der Waals surface area contributed by atoms with Crippen LogP contribution in [0.15, 0.2) is 47.4 Å². The van der Waals surface area contributed by atoms with Crippen LogP contribution in [-0.2, 0) is 14.8 Å². The molecular weight excluding hydrogens is 352 g/mol. The fourth-order valence-electron chi connectivity index (χ4n) is 1.99. The van der Waals surface area contributed by atoms with Gasteiger partial charge in [-0.1, -0.05) is 23.7 Å². The molecule has 0 saturated heterocycles. The van der Waals surface area contributed by atoms with E-state index >= 15 is 0 Å². The van der Waals surface area contributed by atoms with Crippen LogP contribution in [0, 0.1) is 0 Å². The molecule has 0 atom stereocenters. The molecule has 0 heterocycles. The second-order valence-corrected chi connectivity index (χ2v) is 6.95. The fourth-order valence-corrected chi connectivity index (χ4v) is 3.34. The maximum absolute atomic E-state index is 12.5. The molecule has 8 heteroatoms. The van der Waals surface area contributed by atoms with Crippen molar-refractivity contribution in [2.45, 2.75) is 18.7 Å². The van der Waals surface area contributed by atoms with Gasteiger partial charge < -0.3 is 10.1 Å². The first-order valence-corrected chi connectivity index (χ1v) is 9.01. The molecule has 0 radical (unpaired) electrons. The van der Waals surface area contributed by atoms with E-state index in [0.29, 0.717) is 12.4 Å². The summed E-state index contributed by atoms with van der Waals surface area (Å²) in [4.78, 5) is 11.3. The number of ether oxygens (including phenoxy) is 1. The first kappa shape index (κ1) is 18.1. The number of sulfonamides is 1. The fraction of sp³-hybridized carbons (Fsp3) is 0.188. The number of carbonyl (C=O) groups is 1. The SMILES string of the molecule is CCOc1ccc(S(=O)(=O)Nc2ccccc2Cl)cc1NC(C)=O. The van der Waals surface area contributed by atoms with Gasteiger partial charge in [0.15, 0.2) is 0 Å².